The third-order valence-corrected chi connectivity index (χ3v) is 8.12. The van der Waals surface area contributed by atoms with Crippen LogP contribution in [-0.4, -0.2) is 25.6 Å². The van der Waals surface area contributed by atoms with Crippen molar-refractivity contribution in [3.05, 3.63) is 131 Å². The van der Waals surface area contributed by atoms with E-state index in [1.165, 1.54) is 11.1 Å². The molecule has 1 fully saturated rings. The number of ether oxygens (including phenoxy) is 2. The van der Waals surface area contributed by atoms with Crippen LogP contribution in [0.1, 0.15) is 34.1 Å². The number of benzene rings is 4. The topological polar surface area (TPSA) is 43.2 Å². The van der Waals surface area contributed by atoms with Gasteiger partial charge in [0.1, 0.15) is 0 Å². The lowest BCUT2D eigenvalue weighted by molar-refractivity contribution is -0.122. The Kier molecular flexibility index (Phi) is 4.65. The highest BCUT2D eigenvalue weighted by atomic mass is 16.6. The summed E-state index contributed by atoms with van der Waals surface area (Å²) in [7, 11) is 3.56. The van der Waals surface area contributed by atoms with Gasteiger partial charge < -0.3 is 9.47 Å². The summed E-state index contributed by atoms with van der Waals surface area (Å²) >= 11 is 0. The van der Waals surface area contributed by atoms with Crippen LogP contribution < -0.4 is 0 Å². The fourth-order valence-electron chi connectivity index (χ4n) is 6.80. The average Bonchev–Trinajstić information content (AvgIpc) is 3.47. The van der Waals surface area contributed by atoms with Gasteiger partial charge in [-0.05, 0) is 23.3 Å². The zero-order chi connectivity index (χ0) is 24.3. The molecule has 4 aromatic carbocycles. The predicted molar refractivity (Wildman–Crippen MR) is 143 cm³/mol. The van der Waals surface area contributed by atoms with E-state index in [0.717, 1.165) is 33.9 Å². The molecule has 176 valence electrons. The van der Waals surface area contributed by atoms with Crippen LogP contribution in [0, 0.1) is 0 Å². The minimum atomic E-state index is -0.963. The number of fused-ring (bicyclic) bond motifs is 7. The van der Waals surface area contributed by atoms with Gasteiger partial charge in [0.25, 0.3) is 0 Å². The van der Waals surface area contributed by atoms with Crippen molar-refractivity contribution in [1.82, 2.24) is 0 Å². The maximum Gasteiger partial charge on any atom is 0.172 e. The largest absolute Gasteiger partial charge is 0.363 e. The van der Waals surface area contributed by atoms with Gasteiger partial charge in [-0.3, -0.25) is 9.98 Å². The van der Waals surface area contributed by atoms with Crippen molar-refractivity contribution in [1.29, 1.82) is 0 Å². The van der Waals surface area contributed by atoms with Crippen LogP contribution in [0.2, 0.25) is 0 Å². The van der Waals surface area contributed by atoms with Gasteiger partial charge in [-0.2, -0.15) is 0 Å². The first-order valence-electron chi connectivity index (χ1n) is 12.3. The molecule has 0 spiro atoms. The minimum absolute atomic E-state index is 0.0858. The summed E-state index contributed by atoms with van der Waals surface area (Å²) in [5.74, 6) is -0.172. The first kappa shape index (κ1) is 21.4. The Balaban J connectivity index is 1.64. The molecule has 2 aliphatic heterocycles. The van der Waals surface area contributed by atoms with Crippen LogP contribution in [0.4, 0.5) is 11.4 Å². The molecule has 0 N–H and O–H groups in total. The molecule has 4 atom stereocenters. The summed E-state index contributed by atoms with van der Waals surface area (Å²) in [6, 6.07) is 37.8. The number of aliphatic imine (C=N–C) groups is 2. The van der Waals surface area contributed by atoms with Crippen LogP contribution in [0.25, 0.3) is 0 Å². The molecule has 3 aliphatic rings. The number of rotatable bonds is 4. The zero-order valence-corrected chi connectivity index (χ0v) is 20.3. The van der Waals surface area contributed by atoms with Crippen molar-refractivity contribution in [3.63, 3.8) is 0 Å². The molecule has 1 aliphatic carbocycles. The Morgan fingerprint density at radius 1 is 0.500 bits per heavy atom. The summed E-state index contributed by atoms with van der Waals surface area (Å²) in [4.78, 5) is 10.7. The number of para-hydroxylation sites is 2. The van der Waals surface area contributed by atoms with Gasteiger partial charge in [0.05, 0.1) is 22.8 Å². The van der Waals surface area contributed by atoms with E-state index in [1.807, 2.05) is 12.1 Å². The average molecular weight is 471 g/mol. The second-order valence-corrected chi connectivity index (χ2v) is 9.58. The first-order chi connectivity index (χ1) is 17.8. The summed E-state index contributed by atoms with van der Waals surface area (Å²) in [5.41, 5.74) is 6.24. The Morgan fingerprint density at radius 3 is 1.25 bits per heavy atom. The fourth-order valence-corrected chi connectivity index (χ4v) is 6.80. The lowest BCUT2D eigenvalue weighted by Gasteiger charge is -2.54. The van der Waals surface area contributed by atoms with Crippen LogP contribution in [0.15, 0.2) is 119 Å². The van der Waals surface area contributed by atoms with Gasteiger partial charge in [-0.15, -0.1) is 0 Å². The van der Waals surface area contributed by atoms with Crippen molar-refractivity contribution in [2.24, 2.45) is 9.98 Å². The highest BCUT2D eigenvalue weighted by Gasteiger charge is 2.72. The molecule has 4 heteroatoms. The fraction of sp³-hybridized carbons (Fsp3) is 0.188. The van der Waals surface area contributed by atoms with E-state index >= 15 is 0 Å². The molecule has 0 radical (unpaired) electrons. The van der Waals surface area contributed by atoms with Crippen molar-refractivity contribution in [3.8, 4) is 0 Å². The molecule has 2 heterocycles. The van der Waals surface area contributed by atoms with Crippen molar-refractivity contribution < 1.29 is 9.47 Å². The van der Waals surface area contributed by atoms with Gasteiger partial charge >= 0.3 is 0 Å². The van der Waals surface area contributed by atoms with Gasteiger partial charge in [-0.1, -0.05) is 97.1 Å². The quantitative estimate of drug-likeness (QED) is 0.328. The number of methoxy groups -OCH3 is 2. The van der Waals surface area contributed by atoms with E-state index < -0.39 is 11.2 Å². The van der Waals surface area contributed by atoms with E-state index in [-0.39, 0.29) is 11.8 Å². The number of hydrogen-bond acceptors (Lipinski definition) is 4. The molecule has 4 nitrogen and oxygen atoms in total. The van der Waals surface area contributed by atoms with E-state index in [4.69, 9.17) is 19.5 Å². The molecular formula is C32H26N2O2. The molecule has 7 rings (SSSR count). The molecule has 0 amide bonds. The Bertz CT molecular complexity index is 1410. The smallest absolute Gasteiger partial charge is 0.172 e. The summed E-state index contributed by atoms with van der Waals surface area (Å²) in [6.07, 6.45) is 0. The number of hydrogen-bond donors (Lipinski definition) is 0. The van der Waals surface area contributed by atoms with Gasteiger partial charge in [0, 0.05) is 37.2 Å². The maximum absolute atomic E-state index is 6.69. The van der Waals surface area contributed by atoms with E-state index in [0.29, 0.717) is 0 Å². The van der Waals surface area contributed by atoms with E-state index in [2.05, 4.69) is 97.1 Å². The standard InChI is InChI=1S/C32H26N2O2/c1-35-31-23-17-9-11-19-25(23)33-29(31)27(21-13-5-3-6-14-21)28(22-15-7-4-8-16-22)30-32(31,36-2)24-18-10-12-20-26(24)34-30/h3-20,27-28H,1-2H3/t27-,28-,31-,32+/m0/s1. The van der Waals surface area contributed by atoms with Crippen molar-refractivity contribution in [2.45, 2.75) is 23.0 Å². The van der Waals surface area contributed by atoms with E-state index in [9.17, 15) is 0 Å². The first-order valence-corrected chi connectivity index (χ1v) is 12.3. The SMILES string of the molecule is CO[C@]12C(=Nc3ccccc31)[C@@H](c1ccccc1)[C@H](c1ccccc1)C1=Nc3ccccc3[C@@]12OC. The van der Waals surface area contributed by atoms with Crippen LogP contribution in [0.3, 0.4) is 0 Å². The van der Waals surface area contributed by atoms with Crippen LogP contribution >= 0.6 is 0 Å². The van der Waals surface area contributed by atoms with Gasteiger partial charge in [0.15, 0.2) is 11.2 Å². The highest BCUT2D eigenvalue weighted by Crippen LogP contribution is 2.66. The van der Waals surface area contributed by atoms with Crippen LogP contribution in [0.5, 0.6) is 0 Å². The normalized spacial score (nSPS) is 27.4. The minimum Gasteiger partial charge on any atom is -0.363 e. The molecule has 0 bridgehead atoms. The van der Waals surface area contributed by atoms with Crippen molar-refractivity contribution in [2.75, 3.05) is 14.2 Å². The molecule has 36 heavy (non-hydrogen) atoms. The summed E-state index contributed by atoms with van der Waals surface area (Å²) in [6.45, 7) is 0. The third-order valence-electron chi connectivity index (χ3n) is 8.12. The van der Waals surface area contributed by atoms with Crippen LogP contribution in [-0.2, 0) is 20.7 Å². The monoisotopic (exact) mass is 470 g/mol. The van der Waals surface area contributed by atoms with Gasteiger partial charge in [0.2, 0.25) is 0 Å². The van der Waals surface area contributed by atoms with Gasteiger partial charge in [-0.25, -0.2) is 0 Å². The maximum atomic E-state index is 6.69. The molecule has 4 aromatic rings. The second kappa shape index (κ2) is 7.82. The second-order valence-electron chi connectivity index (χ2n) is 9.58. The molecule has 0 saturated heterocycles. The summed E-state index contributed by atoms with van der Waals surface area (Å²) in [5, 5.41) is 0. The highest BCUT2D eigenvalue weighted by molar-refractivity contribution is 6.21. The Labute approximate surface area is 211 Å². The molecular weight excluding hydrogens is 444 g/mol. The molecule has 0 aromatic heterocycles. The van der Waals surface area contributed by atoms with Crippen molar-refractivity contribution >= 4 is 22.8 Å². The predicted octanol–water partition coefficient (Wildman–Crippen LogP) is 6.82. The lowest BCUT2D eigenvalue weighted by Crippen LogP contribution is -2.65. The lowest BCUT2D eigenvalue weighted by atomic mass is 9.55. The molecule has 0 unspecified atom stereocenters. The Hall–Kier alpha value is -3.86. The summed E-state index contributed by atoms with van der Waals surface area (Å²) < 4.78 is 13.4. The zero-order valence-electron chi connectivity index (χ0n) is 20.3. The Morgan fingerprint density at radius 2 is 0.861 bits per heavy atom. The molecule has 1 saturated carbocycles. The number of nitrogens with zero attached hydrogens (tertiary/aromatic N) is 2. The third kappa shape index (κ3) is 2.50. The van der Waals surface area contributed by atoms with E-state index in [1.54, 1.807) is 14.2 Å².